The van der Waals surface area contributed by atoms with Gasteiger partial charge >= 0.3 is 0 Å². The predicted octanol–water partition coefficient (Wildman–Crippen LogP) is 4.06. The van der Waals surface area contributed by atoms with Crippen LogP contribution in [-0.2, 0) is 5.41 Å². The number of nitrogens with two attached hydrogens (primary N) is 1. The highest BCUT2D eigenvalue weighted by Gasteiger charge is 2.16. The van der Waals surface area contributed by atoms with Gasteiger partial charge in [-0.3, -0.25) is 0 Å². The van der Waals surface area contributed by atoms with Crippen LogP contribution in [0.3, 0.4) is 0 Å². The first kappa shape index (κ1) is 14.6. The lowest BCUT2D eigenvalue weighted by atomic mass is 9.87. The van der Waals surface area contributed by atoms with Gasteiger partial charge in [-0.2, -0.15) is 0 Å². The number of hydrogen-bond donors (Lipinski definition) is 1. The fraction of sp³-hybridized carbons (Fsp3) is 0.600. The molecule has 1 aromatic carbocycles. The second-order valence-electron chi connectivity index (χ2n) is 6.43. The second kappa shape index (κ2) is 5.45. The quantitative estimate of drug-likeness (QED) is 0.817. The summed E-state index contributed by atoms with van der Waals surface area (Å²) in [5, 5.41) is 0. The maximum Gasteiger partial charge on any atom is 0.00723 e. The van der Waals surface area contributed by atoms with Gasteiger partial charge in [0.15, 0.2) is 0 Å². The minimum Gasteiger partial charge on any atom is -0.330 e. The molecule has 96 valence electrons. The van der Waals surface area contributed by atoms with E-state index in [9.17, 15) is 0 Å². The van der Waals surface area contributed by atoms with Gasteiger partial charge in [0.05, 0.1) is 0 Å². The minimum atomic E-state index is 0.216. The summed E-state index contributed by atoms with van der Waals surface area (Å²) >= 11 is 1.89. The molecule has 0 aliphatic rings. The van der Waals surface area contributed by atoms with Gasteiger partial charge in [0.25, 0.3) is 0 Å². The highest BCUT2D eigenvalue weighted by molar-refractivity contribution is 7.99. The predicted molar refractivity (Wildman–Crippen MR) is 78.7 cm³/mol. The minimum absolute atomic E-state index is 0.216. The molecular formula is C15H25NS. The van der Waals surface area contributed by atoms with Crippen LogP contribution in [0.5, 0.6) is 0 Å². The van der Waals surface area contributed by atoms with Crippen molar-refractivity contribution >= 4 is 11.8 Å². The zero-order valence-corrected chi connectivity index (χ0v) is 12.5. The molecule has 0 heterocycles. The molecule has 1 aromatic rings. The largest absolute Gasteiger partial charge is 0.330 e. The van der Waals surface area contributed by atoms with Crippen LogP contribution >= 0.6 is 11.8 Å². The Hall–Kier alpha value is -0.470. The molecule has 0 saturated heterocycles. The number of rotatable bonds is 4. The summed E-state index contributed by atoms with van der Waals surface area (Å²) in [5.74, 6) is 1.07. The topological polar surface area (TPSA) is 26.0 Å². The van der Waals surface area contributed by atoms with Crippen LogP contribution in [-0.4, -0.2) is 12.3 Å². The van der Waals surface area contributed by atoms with Gasteiger partial charge in [-0.1, -0.05) is 46.8 Å². The molecule has 1 nitrogen and oxygen atoms in total. The third-order valence-electron chi connectivity index (χ3n) is 2.90. The zero-order valence-electron chi connectivity index (χ0n) is 11.7. The lowest BCUT2D eigenvalue weighted by Crippen LogP contribution is -2.25. The Kier molecular flexibility index (Phi) is 4.68. The molecular weight excluding hydrogens is 226 g/mol. The van der Waals surface area contributed by atoms with E-state index >= 15 is 0 Å². The summed E-state index contributed by atoms with van der Waals surface area (Å²) in [5.41, 5.74) is 7.58. The molecule has 0 atom stereocenters. The van der Waals surface area contributed by atoms with Crippen molar-refractivity contribution in [3.05, 3.63) is 29.8 Å². The van der Waals surface area contributed by atoms with E-state index in [-0.39, 0.29) is 10.8 Å². The molecule has 2 heteroatoms. The van der Waals surface area contributed by atoms with Crippen LogP contribution in [0.2, 0.25) is 0 Å². The molecule has 0 fully saturated rings. The molecule has 0 bridgehead atoms. The summed E-state index contributed by atoms with van der Waals surface area (Å²) in [6.45, 7) is 11.9. The maximum absolute atomic E-state index is 5.74. The molecule has 0 unspecified atom stereocenters. The Morgan fingerprint density at radius 1 is 1.00 bits per heavy atom. The normalized spacial score (nSPS) is 12.8. The molecule has 0 radical (unpaired) electrons. The lowest BCUT2D eigenvalue weighted by molar-refractivity contribution is 0.438. The van der Waals surface area contributed by atoms with Gasteiger partial charge in [-0.05, 0) is 35.1 Å². The smallest absolute Gasteiger partial charge is 0.00723 e. The van der Waals surface area contributed by atoms with Crippen LogP contribution < -0.4 is 5.73 Å². The zero-order chi connectivity index (χ0) is 13.1. The molecule has 0 spiro atoms. The van der Waals surface area contributed by atoms with E-state index in [2.05, 4.69) is 58.9 Å². The number of benzene rings is 1. The molecule has 1 rings (SSSR count). The fourth-order valence-corrected chi connectivity index (χ4v) is 2.39. The highest BCUT2D eigenvalue weighted by atomic mass is 32.2. The van der Waals surface area contributed by atoms with Gasteiger partial charge < -0.3 is 5.73 Å². The van der Waals surface area contributed by atoms with Crippen molar-refractivity contribution < 1.29 is 0 Å². The maximum atomic E-state index is 5.74. The van der Waals surface area contributed by atoms with E-state index in [0.29, 0.717) is 0 Å². The molecule has 0 amide bonds. The van der Waals surface area contributed by atoms with E-state index in [4.69, 9.17) is 5.73 Å². The van der Waals surface area contributed by atoms with E-state index in [0.717, 1.165) is 12.3 Å². The third kappa shape index (κ3) is 4.72. The summed E-state index contributed by atoms with van der Waals surface area (Å²) < 4.78 is 0. The monoisotopic (exact) mass is 251 g/mol. The van der Waals surface area contributed by atoms with Gasteiger partial charge in [0.1, 0.15) is 0 Å². The Morgan fingerprint density at radius 3 is 1.94 bits per heavy atom. The van der Waals surface area contributed by atoms with Crippen molar-refractivity contribution in [2.75, 3.05) is 12.3 Å². The summed E-state index contributed by atoms with van der Waals surface area (Å²) in [4.78, 5) is 1.33. The van der Waals surface area contributed by atoms with Crippen LogP contribution in [0.1, 0.15) is 40.2 Å². The van der Waals surface area contributed by atoms with Crippen LogP contribution in [0, 0.1) is 5.41 Å². The van der Waals surface area contributed by atoms with Crippen molar-refractivity contribution in [2.24, 2.45) is 11.1 Å². The molecule has 0 saturated carbocycles. The molecule has 0 aliphatic heterocycles. The average molecular weight is 251 g/mol. The first-order chi connectivity index (χ1) is 7.74. The van der Waals surface area contributed by atoms with Crippen LogP contribution in [0.15, 0.2) is 29.2 Å². The van der Waals surface area contributed by atoms with Gasteiger partial charge in [-0.15, -0.1) is 11.8 Å². The molecule has 2 N–H and O–H groups in total. The van der Waals surface area contributed by atoms with Gasteiger partial charge in [0, 0.05) is 10.6 Å². The average Bonchev–Trinajstić information content (AvgIpc) is 2.26. The van der Waals surface area contributed by atoms with Crippen LogP contribution in [0.25, 0.3) is 0 Å². The van der Waals surface area contributed by atoms with Crippen molar-refractivity contribution in [3.8, 4) is 0 Å². The van der Waals surface area contributed by atoms with Gasteiger partial charge in [-0.25, -0.2) is 0 Å². The van der Waals surface area contributed by atoms with Crippen molar-refractivity contribution in [3.63, 3.8) is 0 Å². The SMILES string of the molecule is CC(C)(CN)CSc1ccc(C(C)(C)C)cc1. The van der Waals surface area contributed by atoms with E-state index in [1.165, 1.54) is 10.5 Å². The van der Waals surface area contributed by atoms with E-state index < -0.39 is 0 Å². The van der Waals surface area contributed by atoms with E-state index in [1.807, 2.05) is 11.8 Å². The van der Waals surface area contributed by atoms with Gasteiger partial charge in [0.2, 0.25) is 0 Å². The Bertz CT molecular complexity index is 346. The molecule has 0 aromatic heterocycles. The summed E-state index contributed by atoms with van der Waals surface area (Å²) in [7, 11) is 0. The summed E-state index contributed by atoms with van der Waals surface area (Å²) in [6.07, 6.45) is 0. The van der Waals surface area contributed by atoms with Crippen molar-refractivity contribution in [1.29, 1.82) is 0 Å². The second-order valence-corrected chi connectivity index (χ2v) is 7.48. The highest BCUT2D eigenvalue weighted by Crippen LogP contribution is 2.29. The Morgan fingerprint density at radius 2 is 1.53 bits per heavy atom. The van der Waals surface area contributed by atoms with Crippen molar-refractivity contribution in [2.45, 2.75) is 44.9 Å². The van der Waals surface area contributed by atoms with Crippen molar-refractivity contribution in [1.82, 2.24) is 0 Å². The number of hydrogen-bond acceptors (Lipinski definition) is 2. The molecule has 17 heavy (non-hydrogen) atoms. The lowest BCUT2D eigenvalue weighted by Gasteiger charge is -2.22. The Balaban J connectivity index is 2.64. The first-order valence-corrected chi connectivity index (χ1v) is 7.17. The fourth-order valence-electron chi connectivity index (χ4n) is 1.39. The third-order valence-corrected chi connectivity index (χ3v) is 4.43. The van der Waals surface area contributed by atoms with E-state index in [1.54, 1.807) is 0 Å². The molecule has 0 aliphatic carbocycles. The summed E-state index contributed by atoms with van der Waals surface area (Å²) in [6, 6.07) is 8.91. The Labute approximate surface area is 110 Å². The van der Waals surface area contributed by atoms with Crippen LogP contribution in [0.4, 0.5) is 0 Å². The standard InChI is InChI=1S/C15H25NS/c1-14(2,3)12-6-8-13(9-7-12)17-11-15(4,5)10-16/h6-9H,10-11,16H2,1-5H3. The first-order valence-electron chi connectivity index (χ1n) is 6.18. The number of thioether (sulfide) groups is 1.